The Morgan fingerprint density at radius 3 is 2.56 bits per heavy atom. The van der Waals surface area contributed by atoms with E-state index in [2.05, 4.69) is 0 Å². The molecule has 2 atom stereocenters. The highest BCUT2D eigenvalue weighted by Gasteiger charge is 2.50. The molecule has 0 radical (unpaired) electrons. The van der Waals surface area contributed by atoms with E-state index in [1.807, 2.05) is 49.4 Å². The van der Waals surface area contributed by atoms with Crippen LogP contribution in [0.15, 0.2) is 59.5 Å². The summed E-state index contributed by atoms with van der Waals surface area (Å²) in [5, 5.41) is 0. The lowest BCUT2D eigenvalue weighted by Crippen LogP contribution is -2.54. The fourth-order valence-corrected chi connectivity index (χ4v) is 4.96. The summed E-state index contributed by atoms with van der Waals surface area (Å²) in [6, 6.07) is 16.8. The molecule has 5 nitrogen and oxygen atoms in total. The average molecular weight is 359 g/mol. The number of aryl methyl sites for hydroxylation is 1. The van der Waals surface area contributed by atoms with E-state index in [1.165, 1.54) is 4.31 Å². The first-order chi connectivity index (χ1) is 12.0. The van der Waals surface area contributed by atoms with Gasteiger partial charge in [0.25, 0.3) is 0 Å². The summed E-state index contributed by atoms with van der Waals surface area (Å²) >= 11 is 0. The number of benzene rings is 2. The molecule has 0 N–H and O–H groups in total. The lowest BCUT2D eigenvalue weighted by Gasteiger charge is -2.38. The van der Waals surface area contributed by atoms with Crippen LogP contribution in [0.3, 0.4) is 0 Å². The summed E-state index contributed by atoms with van der Waals surface area (Å²) in [7, 11) is -3.56. The zero-order chi connectivity index (χ0) is 17.5. The van der Waals surface area contributed by atoms with Crippen LogP contribution < -0.4 is 0 Å². The molecule has 2 heterocycles. The normalized spacial score (nSPS) is 26.7. The Balaban J connectivity index is 1.61. The number of hydrogen-bond donors (Lipinski definition) is 0. The molecule has 2 saturated heterocycles. The van der Waals surface area contributed by atoms with Crippen molar-refractivity contribution >= 4 is 10.0 Å². The Bertz CT molecular complexity index is 851. The van der Waals surface area contributed by atoms with Crippen molar-refractivity contribution < 1.29 is 17.9 Å². The summed E-state index contributed by atoms with van der Waals surface area (Å²) < 4.78 is 39.5. The van der Waals surface area contributed by atoms with Crippen molar-refractivity contribution in [3.63, 3.8) is 0 Å². The van der Waals surface area contributed by atoms with E-state index in [-0.39, 0.29) is 12.6 Å². The van der Waals surface area contributed by atoms with E-state index < -0.39 is 15.8 Å². The van der Waals surface area contributed by atoms with Crippen molar-refractivity contribution in [3.8, 4) is 0 Å². The number of rotatable bonds is 4. The number of fused-ring (bicyclic) bond motifs is 2. The van der Waals surface area contributed by atoms with Crippen LogP contribution in [0.5, 0.6) is 0 Å². The van der Waals surface area contributed by atoms with Gasteiger partial charge < -0.3 is 9.47 Å². The lowest BCUT2D eigenvalue weighted by molar-refractivity contribution is -0.191. The molecular formula is C19H21NO4S. The van der Waals surface area contributed by atoms with Gasteiger partial charge in [-0.25, -0.2) is 8.42 Å². The van der Waals surface area contributed by atoms with E-state index in [4.69, 9.17) is 9.47 Å². The summed E-state index contributed by atoms with van der Waals surface area (Å²) in [5.74, 6) is -0.901. The van der Waals surface area contributed by atoms with Crippen LogP contribution in [0, 0.1) is 6.92 Å². The molecule has 0 unspecified atom stereocenters. The second-order valence-corrected chi connectivity index (χ2v) is 8.67. The van der Waals surface area contributed by atoms with E-state index >= 15 is 0 Å². The predicted molar refractivity (Wildman–Crippen MR) is 93.6 cm³/mol. The SMILES string of the molecule is Cc1ccc(S(=O)(=O)N2C[C@H]3CO[C@@](Cc4ccccc4)(C2)O3)cc1. The minimum atomic E-state index is -3.56. The molecule has 4 rings (SSSR count). The molecule has 0 saturated carbocycles. The number of sulfonamides is 1. The largest absolute Gasteiger partial charge is 0.346 e. The van der Waals surface area contributed by atoms with Crippen LogP contribution in [-0.4, -0.2) is 44.3 Å². The molecule has 0 aliphatic carbocycles. The molecule has 2 aromatic carbocycles. The average Bonchev–Trinajstić information content (AvgIpc) is 2.90. The van der Waals surface area contributed by atoms with Gasteiger partial charge in [0.2, 0.25) is 10.0 Å². The van der Waals surface area contributed by atoms with Gasteiger partial charge in [-0.2, -0.15) is 4.31 Å². The second kappa shape index (κ2) is 6.21. The van der Waals surface area contributed by atoms with Crippen molar-refractivity contribution in [3.05, 3.63) is 65.7 Å². The van der Waals surface area contributed by atoms with Gasteiger partial charge in [0.1, 0.15) is 0 Å². The Morgan fingerprint density at radius 2 is 1.84 bits per heavy atom. The van der Waals surface area contributed by atoms with E-state index in [0.29, 0.717) is 24.5 Å². The maximum Gasteiger partial charge on any atom is 0.243 e. The van der Waals surface area contributed by atoms with Gasteiger partial charge in [-0.15, -0.1) is 0 Å². The minimum Gasteiger partial charge on any atom is -0.346 e. The van der Waals surface area contributed by atoms with E-state index in [9.17, 15) is 8.42 Å². The third-order valence-electron chi connectivity index (χ3n) is 4.71. The summed E-state index contributed by atoms with van der Waals surface area (Å²) in [6.45, 7) is 2.89. The Labute approximate surface area is 148 Å². The van der Waals surface area contributed by atoms with Gasteiger partial charge in [0, 0.05) is 13.0 Å². The Kier molecular flexibility index (Phi) is 4.16. The van der Waals surface area contributed by atoms with E-state index in [0.717, 1.165) is 11.1 Å². The smallest absolute Gasteiger partial charge is 0.243 e. The van der Waals surface area contributed by atoms with Crippen LogP contribution >= 0.6 is 0 Å². The Hall–Kier alpha value is -1.73. The van der Waals surface area contributed by atoms with Crippen molar-refractivity contribution in [1.82, 2.24) is 4.31 Å². The number of nitrogens with zero attached hydrogens (tertiary/aromatic N) is 1. The van der Waals surface area contributed by atoms with Crippen LogP contribution in [-0.2, 0) is 25.9 Å². The van der Waals surface area contributed by atoms with Gasteiger partial charge in [0.15, 0.2) is 5.79 Å². The first kappa shape index (κ1) is 16.7. The van der Waals surface area contributed by atoms with Gasteiger partial charge >= 0.3 is 0 Å². The maximum absolute atomic E-state index is 13.0. The molecule has 25 heavy (non-hydrogen) atoms. The minimum absolute atomic E-state index is 0.203. The van der Waals surface area contributed by atoms with Gasteiger partial charge in [-0.05, 0) is 24.6 Å². The van der Waals surface area contributed by atoms with Crippen molar-refractivity contribution in [1.29, 1.82) is 0 Å². The molecule has 2 aliphatic rings. The van der Waals surface area contributed by atoms with Gasteiger partial charge in [-0.3, -0.25) is 0 Å². The molecule has 0 amide bonds. The van der Waals surface area contributed by atoms with Crippen LogP contribution in [0.2, 0.25) is 0 Å². The molecule has 2 aliphatic heterocycles. The molecule has 2 bridgehead atoms. The zero-order valence-electron chi connectivity index (χ0n) is 14.1. The summed E-state index contributed by atoms with van der Waals surface area (Å²) in [4.78, 5) is 0.314. The van der Waals surface area contributed by atoms with E-state index in [1.54, 1.807) is 12.1 Å². The molecule has 2 aromatic rings. The number of morpholine rings is 1. The molecule has 0 aromatic heterocycles. The topological polar surface area (TPSA) is 55.8 Å². The quantitative estimate of drug-likeness (QED) is 0.841. The Morgan fingerprint density at radius 1 is 1.12 bits per heavy atom. The predicted octanol–water partition coefficient (Wildman–Crippen LogP) is 2.35. The molecule has 2 fully saturated rings. The highest BCUT2D eigenvalue weighted by atomic mass is 32.2. The molecule has 6 heteroatoms. The molecule has 132 valence electrons. The van der Waals surface area contributed by atoms with Crippen molar-refractivity contribution in [2.24, 2.45) is 0 Å². The lowest BCUT2D eigenvalue weighted by atomic mass is 10.0. The molecule has 0 spiro atoms. The third-order valence-corrected chi connectivity index (χ3v) is 6.54. The monoisotopic (exact) mass is 359 g/mol. The highest BCUT2D eigenvalue weighted by Crippen LogP contribution is 2.35. The fraction of sp³-hybridized carbons (Fsp3) is 0.368. The van der Waals surface area contributed by atoms with Crippen molar-refractivity contribution in [2.45, 2.75) is 30.1 Å². The third kappa shape index (κ3) is 3.22. The van der Waals surface area contributed by atoms with Crippen LogP contribution in [0.4, 0.5) is 0 Å². The zero-order valence-corrected chi connectivity index (χ0v) is 14.9. The molecular weight excluding hydrogens is 338 g/mol. The van der Waals surface area contributed by atoms with Crippen molar-refractivity contribution in [2.75, 3.05) is 19.7 Å². The van der Waals surface area contributed by atoms with Crippen LogP contribution in [0.25, 0.3) is 0 Å². The standard InChI is InChI=1S/C19H21NO4S/c1-15-7-9-18(10-8-15)25(21,22)20-12-17-13-23-19(14-20,24-17)11-16-5-3-2-4-6-16/h2-10,17H,11-14H2,1H3/t17-,19+/m0/s1. The number of ether oxygens (including phenoxy) is 2. The maximum atomic E-state index is 13.0. The highest BCUT2D eigenvalue weighted by molar-refractivity contribution is 7.89. The van der Waals surface area contributed by atoms with Gasteiger partial charge in [0.05, 0.1) is 24.2 Å². The fourth-order valence-electron chi connectivity index (χ4n) is 3.45. The summed E-state index contributed by atoms with van der Waals surface area (Å²) in [5.41, 5.74) is 2.10. The number of hydrogen-bond acceptors (Lipinski definition) is 4. The second-order valence-electron chi connectivity index (χ2n) is 6.73. The van der Waals surface area contributed by atoms with Crippen LogP contribution in [0.1, 0.15) is 11.1 Å². The first-order valence-corrected chi connectivity index (χ1v) is 9.83. The first-order valence-electron chi connectivity index (χ1n) is 8.39. The van der Waals surface area contributed by atoms with Gasteiger partial charge in [-0.1, -0.05) is 48.0 Å². The summed E-state index contributed by atoms with van der Waals surface area (Å²) in [6.07, 6.45) is 0.308.